The summed E-state index contributed by atoms with van der Waals surface area (Å²) < 4.78 is 5.56. The Morgan fingerprint density at radius 2 is 1.89 bits per heavy atom. The Morgan fingerprint density at radius 3 is 2.44 bits per heavy atom. The molecule has 4 rings (SSSR count). The molecule has 36 heavy (non-hydrogen) atoms. The number of aromatic amines is 2. The van der Waals surface area contributed by atoms with Crippen molar-refractivity contribution in [2.24, 2.45) is 0 Å². The molecule has 0 saturated carbocycles. The van der Waals surface area contributed by atoms with E-state index >= 15 is 0 Å². The van der Waals surface area contributed by atoms with E-state index in [1.54, 1.807) is 24.3 Å². The van der Waals surface area contributed by atoms with Crippen molar-refractivity contribution in [3.8, 4) is 17.3 Å². The van der Waals surface area contributed by atoms with Crippen molar-refractivity contribution in [1.82, 2.24) is 35.1 Å². The van der Waals surface area contributed by atoms with Gasteiger partial charge in [0.1, 0.15) is 0 Å². The number of rotatable bonds is 7. The molecule has 1 fully saturated rings. The second kappa shape index (κ2) is 13.0. The molecule has 1 aromatic carbocycles. The normalized spacial score (nSPS) is 15.3. The first-order chi connectivity index (χ1) is 17.4. The van der Waals surface area contributed by atoms with Gasteiger partial charge in [0.2, 0.25) is 11.7 Å². The minimum absolute atomic E-state index is 0.0763. The van der Waals surface area contributed by atoms with E-state index in [-0.39, 0.29) is 11.0 Å². The molecule has 3 heterocycles. The van der Waals surface area contributed by atoms with E-state index in [1.165, 1.54) is 24.4 Å². The van der Waals surface area contributed by atoms with Crippen molar-refractivity contribution in [3.05, 3.63) is 45.0 Å². The second-order valence-corrected chi connectivity index (χ2v) is 8.45. The Balaban J connectivity index is 0.000000454. The standard InChI is InChI=1S/C17H17N7O4S.C6H15N/c25-14(12-15(26)19-17(29)20-16(12)27)18-10-6-4-9(5-7-10)13-21-23-24(22-13)11-3-1-2-8-28-11;1-4-7(5-2)6-3/h4-7,11H,1-3,8H2,(H,18,25)(H3,19,20,26,27,29);4-6H2,1-3H3. The summed E-state index contributed by atoms with van der Waals surface area (Å²) in [7, 11) is 0. The van der Waals surface area contributed by atoms with E-state index in [4.69, 9.17) is 17.0 Å². The molecule has 0 bridgehead atoms. The first-order valence-electron chi connectivity index (χ1n) is 12.0. The highest BCUT2D eigenvalue weighted by Crippen LogP contribution is 2.23. The fourth-order valence-corrected chi connectivity index (χ4v) is 3.81. The molecule has 12 nitrogen and oxygen atoms in total. The van der Waals surface area contributed by atoms with Crippen LogP contribution in [0.15, 0.2) is 29.1 Å². The molecule has 3 aromatic rings. The summed E-state index contributed by atoms with van der Waals surface area (Å²) in [5, 5.41) is 24.8. The Morgan fingerprint density at radius 1 is 1.19 bits per heavy atom. The average Bonchev–Trinajstić information content (AvgIpc) is 3.36. The largest absolute Gasteiger partial charge is 0.494 e. The number of amides is 1. The number of aromatic hydroxyl groups is 1. The van der Waals surface area contributed by atoms with Crippen LogP contribution in [0.3, 0.4) is 0 Å². The minimum atomic E-state index is -0.786. The first kappa shape index (κ1) is 27.2. The Bertz CT molecular complexity index is 1240. The van der Waals surface area contributed by atoms with E-state index in [0.717, 1.165) is 19.3 Å². The number of carbonyl (C=O) groups excluding carboxylic acids is 1. The summed E-state index contributed by atoms with van der Waals surface area (Å²) in [6.07, 6.45) is 2.73. The van der Waals surface area contributed by atoms with Crippen LogP contribution in [0.4, 0.5) is 5.69 Å². The average molecular weight is 517 g/mol. The van der Waals surface area contributed by atoms with Crippen LogP contribution in [-0.2, 0) is 4.74 Å². The monoisotopic (exact) mass is 516 g/mol. The third-order valence-electron chi connectivity index (χ3n) is 5.73. The van der Waals surface area contributed by atoms with Gasteiger partial charge in [0.25, 0.3) is 11.5 Å². The smallest absolute Gasteiger partial charge is 0.268 e. The molecule has 0 radical (unpaired) electrons. The van der Waals surface area contributed by atoms with Crippen molar-refractivity contribution in [1.29, 1.82) is 0 Å². The molecule has 0 spiro atoms. The zero-order valence-electron chi connectivity index (χ0n) is 20.7. The van der Waals surface area contributed by atoms with Crippen LogP contribution in [0.5, 0.6) is 5.88 Å². The number of tetrazole rings is 1. The Kier molecular flexibility index (Phi) is 9.85. The van der Waals surface area contributed by atoms with Crippen molar-refractivity contribution >= 4 is 23.8 Å². The topological polar surface area (TPSA) is 154 Å². The van der Waals surface area contributed by atoms with E-state index in [9.17, 15) is 14.7 Å². The summed E-state index contributed by atoms with van der Waals surface area (Å²) in [6, 6.07) is 6.67. The highest BCUT2D eigenvalue weighted by atomic mass is 32.1. The highest BCUT2D eigenvalue weighted by molar-refractivity contribution is 7.71. The maximum Gasteiger partial charge on any atom is 0.268 e. The SMILES string of the molecule is CCN(CC)CC.O=C(Nc1ccc(-c2nnn(C3CCCCO3)n2)cc1)c1c(O)[nH]c(=S)[nH]c1=O. The molecule has 194 valence electrons. The van der Waals surface area contributed by atoms with Gasteiger partial charge in [-0.2, -0.15) is 0 Å². The van der Waals surface area contributed by atoms with Gasteiger partial charge in [-0.1, -0.05) is 20.8 Å². The van der Waals surface area contributed by atoms with Crippen LogP contribution in [0.1, 0.15) is 56.6 Å². The fraction of sp³-hybridized carbons (Fsp3) is 0.478. The zero-order chi connectivity index (χ0) is 26.1. The molecule has 1 aliphatic heterocycles. The second-order valence-electron chi connectivity index (χ2n) is 8.04. The molecule has 13 heteroatoms. The minimum Gasteiger partial charge on any atom is -0.494 e. The summed E-state index contributed by atoms with van der Waals surface area (Å²) in [4.78, 5) is 32.6. The molecule has 1 amide bonds. The van der Waals surface area contributed by atoms with Crippen LogP contribution >= 0.6 is 12.2 Å². The van der Waals surface area contributed by atoms with Gasteiger partial charge in [-0.3, -0.25) is 14.6 Å². The number of aromatic nitrogens is 6. The molecular formula is C23H32N8O4S. The summed E-state index contributed by atoms with van der Waals surface area (Å²) in [6.45, 7) is 10.8. The molecule has 1 saturated heterocycles. The third-order valence-corrected chi connectivity index (χ3v) is 5.94. The third kappa shape index (κ3) is 7.06. The number of carbonyl (C=O) groups is 1. The van der Waals surface area contributed by atoms with Crippen LogP contribution in [0.2, 0.25) is 0 Å². The molecular weight excluding hydrogens is 484 g/mol. The molecule has 1 aliphatic rings. The lowest BCUT2D eigenvalue weighted by Gasteiger charge is -2.20. The number of hydrogen-bond donors (Lipinski definition) is 4. The zero-order valence-corrected chi connectivity index (χ0v) is 21.5. The van der Waals surface area contributed by atoms with Crippen molar-refractivity contribution in [2.45, 2.75) is 46.3 Å². The maximum absolute atomic E-state index is 12.3. The van der Waals surface area contributed by atoms with Gasteiger partial charge in [-0.25, -0.2) is 0 Å². The molecule has 4 N–H and O–H groups in total. The molecule has 0 aliphatic carbocycles. The van der Waals surface area contributed by atoms with Crippen LogP contribution in [0.25, 0.3) is 11.4 Å². The number of ether oxygens (including phenoxy) is 1. The van der Waals surface area contributed by atoms with Crippen LogP contribution in [0, 0.1) is 4.77 Å². The molecule has 2 aromatic heterocycles. The predicted molar refractivity (Wildman–Crippen MR) is 137 cm³/mol. The number of nitrogens with one attached hydrogen (secondary N) is 3. The maximum atomic E-state index is 12.3. The number of H-pyrrole nitrogens is 2. The van der Waals surface area contributed by atoms with Gasteiger partial charge < -0.3 is 25.0 Å². The fourth-order valence-electron chi connectivity index (χ4n) is 3.62. The quantitative estimate of drug-likeness (QED) is 0.347. The van der Waals surface area contributed by atoms with Gasteiger partial charge in [0.05, 0.1) is 0 Å². The lowest BCUT2D eigenvalue weighted by Crippen LogP contribution is -2.24. The van der Waals surface area contributed by atoms with Crippen LogP contribution < -0.4 is 10.9 Å². The van der Waals surface area contributed by atoms with E-state index in [2.05, 4.69) is 56.4 Å². The highest BCUT2D eigenvalue weighted by Gasteiger charge is 2.20. The Hall–Kier alpha value is -3.42. The van der Waals surface area contributed by atoms with Gasteiger partial charge >= 0.3 is 0 Å². The molecule has 1 unspecified atom stereocenters. The van der Waals surface area contributed by atoms with Crippen molar-refractivity contribution < 1.29 is 14.6 Å². The van der Waals surface area contributed by atoms with Crippen LogP contribution in [-0.4, -0.2) is 72.3 Å². The summed E-state index contributed by atoms with van der Waals surface area (Å²) in [5.41, 5.74) is -0.122. The summed E-state index contributed by atoms with van der Waals surface area (Å²) >= 11 is 4.74. The first-order valence-corrected chi connectivity index (χ1v) is 12.4. The van der Waals surface area contributed by atoms with Crippen molar-refractivity contribution in [2.75, 3.05) is 31.6 Å². The number of anilines is 1. The Labute approximate surface area is 213 Å². The lowest BCUT2D eigenvalue weighted by molar-refractivity contribution is -0.0488. The lowest BCUT2D eigenvalue weighted by atomic mass is 10.2. The summed E-state index contributed by atoms with van der Waals surface area (Å²) in [5.74, 6) is -0.943. The predicted octanol–water partition coefficient (Wildman–Crippen LogP) is 3.09. The van der Waals surface area contributed by atoms with E-state index < -0.39 is 22.9 Å². The number of hydrogen-bond acceptors (Lipinski definition) is 9. The molecule has 1 atom stereocenters. The number of benzene rings is 1. The van der Waals surface area contributed by atoms with E-state index in [0.29, 0.717) is 23.7 Å². The van der Waals surface area contributed by atoms with Crippen molar-refractivity contribution in [3.63, 3.8) is 0 Å². The van der Waals surface area contributed by atoms with Gasteiger partial charge in [0, 0.05) is 17.9 Å². The van der Waals surface area contributed by atoms with Gasteiger partial charge in [-0.15, -0.1) is 15.0 Å². The van der Waals surface area contributed by atoms with Gasteiger partial charge in [0.15, 0.2) is 16.6 Å². The van der Waals surface area contributed by atoms with E-state index in [1.807, 2.05) is 0 Å². The van der Waals surface area contributed by atoms with Gasteiger partial charge in [-0.05, 0) is 80.6 Å². The number of nitrogens with zero attached hydrogens (tertiary/aromatic N) is 5.